The Morgan fingerprint density at radius 3 is 2.57 bits per heavy atom. The quantitative estimate of drug-likeness (QED) is 0.908. The average molecular weight is 315 g/mol. The minimum absolute atomic E-state index is 0.0406. The Kier molecular flexibility index (Phi) is 5.42. The first-order chi connectivity index (χ1) is 11.0. The summed E-state index contributed by atoms with van der Waals surface area (Å²) in [4.78, 5) is 27.4. The molecule has 0 bridgehead atoms. The van der Waals surface area contributed by atoms with Gasteiger partial charge in [0.05, 0.1) is 12.1 Å². The summed E-state index contributed by atoms with van der Waals surface area (Å²) >= 11 is 0. The van der Waals surface area contributed by atoms with Crippen molar-refractivity contribution >= 4 is 11.9 Å². The van der Waals surface area contributed by atoms with Crippen molar-refractivity contribution < 1.29 is 9.59 Å². The van der Waals surface area contributed by atoms with Crippen LogP contribution in [0.25, 0.3) is 0 Å². The predicted octanol–water partition coefficient (Wildman–Crippen LogP) is 2.83. The number of urea groups is 1. The summed E-state index contributed by atoms with van der Waals surface area (Å²) in [5, 5.41) is 0. The van der Waals surface area contributed by atoms with Crippen molar-refractivity contribution in [2.75, 3.05) is 13.1 Å². The van der Waals surface area contributed by atoms with Crippen molar-refractivity contribution in [1.29, 1.82) is 0 Å². The number of unbranched alkanes of at least 4 members (excludes halogenated alkanes) is 1. The van der Waals surface area contributed by atoms with Crippen LogP contribution in [0, 0.1) is 0 Å². The van der Waals surface area contributed by atoms with E-state index in [0.717, 1.165) is 18.4 Å². The average Bonchev–Trinajstić information content (AvgIpc) is 2.56. The Hall–Kier alpha value is -2.30. The number of hydrogen-bond acceptors (Lipinski definition) is 2. The van der Waals surface area contributed by atoms with Gasteiger partial charge in [0.25, 0.3) is 0 Å². The molecule has 1 aromatic carbocycles. The van der Waals surface area contributed by atoms with Gasteiger partial charge in [0, 0.05) is 19.7 Å². The molecule has 5 heteroatoms. The third kappa shape index (κ3) is 3.55. The number of nitrogens with zero attached hydrogens (tertiary/aromatic N) is 2. The summed E-state index contributed by atoms with van der Waals surface area (Å²) in [6, 6.07) is 9.40. The first kappa shape index (κ1) is 17.1. The Labute approximate surface area is 137 Å². The van der Waals surface area contributed by atoms with E-state index in [-0.39, 0.29) is 5.91 Å². The maximum absolute atomic E-state index is 12.2. The summed E-state index contributed by atoms with van der Waals surface area (Å²) < 4.78 is 0. The van der Waals surface area contributed by atoms with E-state index >= 15 is 0 Å². The summed E-state index contributed by atoms with van der Waals surface area (Å²) in [6.07, 6.45) is 6.23. The van der Waals surface area contributed by atoms with Crippen LogP contribution in [0.2, 0.25) is 0 Å². The number of carbonyl (C=O) groups is 2. The van der Waals surface area contributed by atoms with Gasteiger partial charge in [0.2, 0.25) is 5.91 Å². The molecule has 0 aromatic heterocycles. The van der Waals surface area contributed by atoms with Crippen molar-refractivity contribution in [1.82, 2.24) is 9.80 Å². The van der Waals surface area contributed by atoms with E-state index < -0.39 is 11.6 Å². The number of hydrogen-bond donors (Lipinski definition) is 1. The Morgan fingerprint density at radius 2 is 2.00 bits per heavy atom. The Bertz CT molecular complexity index is 585. The van der Waals surface area contributed by atoms with E-state index in [1.807, 2.05) is 36.4 Å². The number of primary amides is 1. The molecule has 23 heavy (non-hydrogen) atoms. The smallest absolute Gasteiger partial charge is 0.315 e. The zero-order chi connectivity index (χ0) is 16.9. The number of benzene rings is 1. The van der Waals surface area contributed by atoms with Gasteiger partial charge in [-0.25, -0.2) is 4.79 Å². The monoisotopic (exact) mass is 315 g/mol. The summed E-state index contributed by atoms with van der Waals surface area (Å²) in [5.41, 5.74) is 6.11. The van der Waals surface area contributed by atoms with Crippen LogP contribution in [0.3, 0.4) is 0 Å². The second-order valence-electron chi connectivity index (χ2n) is 5.98. The van der Waals surface area contributed by atoms with Crippen LogP contribution < -0.4 is 5.73 Å². The third-order valence-corrected chi connectivity index (χ3v) is 4.41. The SMILES string of the molecule is CCCCN(C(N)=O)C1(c2ccccc2)CC=CN(C(C)=O)C1. The van der Waals surface area contributed by atoms with Gasteiger partial charge in [-0.3, -0.25) is 4.79 Å². The van der Waals surface area contributed by atoms with Gasteiger partial charge in [-0.1, -0.05) is 49.8 Å². The largest absolute Gasteiger partial charge is 0.351 e. The fourth-order valence-corrected chi connectivity index (χ4v) is 3.15. The molecule has 0 spiro atoms. The van der Waals surface area contributed by atoms with Crippen LogP contribution in [-0.2, 0) is 10.3 Å². The van der Waals surface area contributed by atoms with E-state index in [1.165, 1.54) is 6.92 Å². The lowest BCUT2D eigenvalue weighted by Gasteiger charge is -2.47. The molecule has 1 heterocycles. The maximum Gasteiger partial charge on any atom is 0.315 e. The molecule has 1 unspecified atom stereocenters. The normalized spacial score (nSPS) is 20.3. The van der Waals surface area contributed by atoms with Gasteiger partial charge in [0.15, 0.2) is 0 Å². The van der Waals surface area contributed by atoms with Gasteiger partial charge in [-0.15, -0.1) is 0 Å². The van der Waals surface area contributed by atoms with Crippen LogP contribution >= 0.6 is 0 Å². The van der Waals surface area contributed by atoms with Crippen molar-refractivity contribution in [2.24, 2.45) is 5.73 Å². The van der Waals surface area contributed by atoms with Crippen LogP contribution in [-0.4, -0.2) is 34.8 Å². The lowest BCUT2D eigenvalue weighted by Crippen LogP contribution is -2.58. The highest BCUT2D eigenvalue weighted by atomic mass is 16.2. The number of amides is 3. The molecule has 0 aliphatic carbocycles. The molecule has 2 N–H and O–H groups in total. The molecule has 1 atom stereocenters. The van der Waals surface area contributed by atoms with E-state index in [2.05, 4.69) is 6.92 Å². The van der Waals surface area contributed by atoms with Gasteiger partial charge in [-0.05, 0) is 18.4 Å². The highest BCUT2D eigenvalue weighted by Gasteiger charge is 2.42. The third-order valence-electron chi connectivity index (χ3n) is 4.41. The van der Waals surface area contributed by atoms with Gasteiger partial charge >= 0.3 is 6.03 Å². The Morgan fingerprint density at radius 1 is 1.30 bits per heavy atom. The van der Waals surface area contributed by atoms with Crippen LogP contribution in [0.15, 0.2) is 42.6 Å². The molecule has 0 radical (unpaired) electrons. The molecule has 0 saturated heterocycles. The maximum atomic E-state index is 12.2. The van der Waals surface area contributed by atoms with Crippen molar-refractivity contribution in [3.05, 3.63) is 48.2 Å². The van der Waals surface area contributed by atoms with Crippen LogP contribution in [0.4, 0.5) is 4.79 Å². The van der Waals surface area contributed by atoms with E-state index in [9.17, 15) is 9.59 Å². The molecular formula is C18H25N3O2. The van der Waals surface area contributed by atoms with E-state index in [1.54, 1.807) is 16.0 Å². The highest BCUT2D eigenvalue weighted by molar-refractivity contribution is 5.76. The van der Waals surface area contributed by atoms with Crippen molar-refractivity contribution in [3.8, 4) is 0 Å². The van der Waals surface area contributed by atoms with Crippen LogP contribution in [0.5, 0.6) is 0 Å². The molecule has 0 saturated carbocycles. The van der Waals surface area contributed by atoms with Crippen molar-refractivity contribution in [3.63, 3.8) is 0 Å². The molecule has 5 nitrogen and oxygen atoms in total. The first-order valence-corrected chi connectivity index (χ1v) is 8.07. The minimum atomic E-state index is -0.608. The standard InChI is InChI=1S/C18H25N3O2/c1-3-4-13-21(17(19)23)18(16-9-6-5-7-10-16)11-8-12-20(14-18)15(2)22/h5-10,12H,3-4,11,13-14H2,1-2H3,(H2,19,23). The number of carbonyl (C=O) groups excluding carboxylic acids is 2. The minimum Gasteiger partial charge on any atom is -0.351 e. The lowest BCUT2D eigenvalue weighted by atomic mass is 9.82. The summed E-state index contributed by atoms with van der Waals surface area (Å²) in [6.45, 7) is 4.62. The zero-order valence-corrected chi connectivity index (χ0v) is 13.9. The molecule has 124 valence electrons. The van der Waals surface area contributed by atoms with E-state index in [0.29, 0.717) is 19.5 Å². The zero-order valence-electron chi connectivity index (χ0n) is 13.9. The van der Waals surface area contributed by atoms with Gasteiger partial charge in [-0.2, -0.15) is 0 Å². The second-order valence-corrected chi connectivity index (χ2v) is 5.98. The molecule has 1 aliphatic rings. The Balaban J connectivity index is 2.49. The highest BCUT2D eigenvalue weighted by Crippen LogP contribution is 2.36. The van der Waals surface area contributed by atoms with Gasteiger partial charge in [0.1, 0.15) is 0 Å². The number of nitrogens with two attached hydrogens (primary N) is 1. The summed E-state index contributed by atoms with van der Waals surface area (Å²) in [5.74, 6) is -0.0406. The van der Waals surface area contributed by atoms with E-state index in [4.69, 9.17) is 5.73 Å². The fourth-order valence-electron chi connectivity index (χ4n) is 3.15. The number of rotatable bonds is 5. The molecule has 1 aromatic rings. The topological polar surface area (TPSA) is 66.6 Å². The van der Waals surface area contributed by atoms with Crippen molar-refractivity contribution in [2.45, 2.75) is 38.6 Å². The molecule has 2 rings (SSSR count). The second kappa shape index (κ2) is 7.31. The summed E-state index contributed by atoms with van der Waals surface area (Å²) in [7, 11) is 0. The molecule has 3 amide bonds. The molecular weight excluding hydrogens is 290 g/mol. The van der Waals surface area contributed by atoms with Crippen LogP contribution in [0.1, 0.15) is 38.7 Å². The fraction of sp³-hybridized carbons (Fsp3) is 0.444. The first-order valence-electron chi connectivity index (χ1n) is 8.07. The van der Waals surface area contributed by atoms with Gasteiger partial charge < -0.3 is 15.5 Å². The lowest BCUT2D eigenvalue weighted by molar-refractivity contribution is -0.128. The predicted molar refractivity (Wildman–Crippen MR) is 90.5 cm³/mol. The molecule has 0 fully saturated rings. The molecule has 1 aliphatic heterocycles.